The van der Waals surface area contributed by atoms with E-state index >= 15 is 0 Å². The normalized spacial score (nSPS) is 13.8. The van der Waals surface area contributed by atoms with Crippen molar-refractivity contribution in [3.63, 3.8) is 0 Å². The van der Waals surface area contributed by atoms with Gasteiger partial charge in [0.15, 0.2) is 0 Å². The van der Waals surface area contributed by atoms with Gasteiger partial charge in [-0.2, -0.15) is 0 Å². The van der Waals surface area contributed by atoms with Crippen LogP contribution in [0.2, 0.25) is 0 Å². The fourth-order valence-electron chi connectivity index (χ4n) is 2.47. The molecule has 16 heavy (non-hydrogen) atoms. The van der Waals surface area contributed by atoms with Crippen LogP contribution in [0.15, 0.2) is 42.5 Å². The molecule has 80 valence electrons. The van der Waals surface area contributed by atoms with Gasteiger partial charge in [-0.05, 0) is 53.6 Å². The molecule has 1 heteroatoms. The van der Waals surface area contributed by atoms with Crippen molar-refractivity contribution in [2.24, 2.45) is 0 Å². The van der Waals surface area contributed by atoms with Crippen molar-refractivity contribution >= 4 is 5.69 Å². The Morgan fingerprint density at radius 1 is 0.812 bits per heavy atom. The zero-order valence-corrected chi connectivity index (χ0v) is 9.24. The van der Waals surface area contributed by atoms with E-state index in [1.807, 2.05) is 18.2 Å². The Kier molecular flexibility index (Phi) is 2.17. The van der Waals surface area contributed by atoms with Crippen molar-refractivity contribution in [2.75, 3.05) is 5.73 Å². The predicted molar refractivity (Wildman–Crippen MR) is 68.3 cm³/mol. The minimum absolute atomic E-state index is 0.831. The summed E-state index contributed by atoms with van der Waals surface area (Å²) in [7, 11) is 0. The highest BCUT2D eigenvalue weighted by atomic mass is 14.5. The van der Waals surface area contributed by atoms with Crippen LogP contribution in [-0.4, -0.2) is 0 Å². The molecule has 2 aromatic rings. The van der Waals surface area contributed by atoms with E-state index in [0.717, 1.165) is 5.69 Å². The van der Waals surface area contributed by atoms with Gasteiger partial charge in [0.2, 0.25) is 0 Å². The average molecular weight is 209 g/mol. The van der Waals surface area contributed by atoms with E-state index in [1.165, 1.54) is 41.5 Å². The number of anilines is 1. The van der Waals surface area contributed by atoms with Gasteiger partial charge in [-0.1, -0.05) is 30.3 Å². The molecule has 0 atom stereocenters. The van der Waals surface area contributed by atoms with Gasteiger partial charge in [0.1, 0.15) is 0 Å². The summed E-state index contributed by atoms with van der Waals surface area (Å²) in [5.74, 6) is 0. The number of nitrogens with two attached hydrogens (primary N) is 1. The first-order valence-corrected chi connectivity index (χ1v) is 5.81. The summed E-state index contributed by atoms with van der Waals surface area (Å²) >= 11 is 0. The maximum atomic E-state index is 5.81. The van der Waals surface area contributed by atoms with Crippen LogP contribution in [-0.2, 0) is 12.8 Å². The van der Waals surface area contributed by atoms with E-state index in [9.17, 15) is 0 Å². The second-order valence-electron chi connectivity index (χ2n) is 4.46. The number of hydrogen-bond acceptors (Lipinski definition) is 1. The molecule has 0 bridgehead atoms. The van der Waals surface area contributed by atoms with Crippen LogP contribution in [0.5, 0.6) is 0 Å². The van der Waals surface area contributed by atoms with Gasteiger partial charge < -0.3 is 5.73 Å². The van der Waals surface area contributed by atoms with E-state index in [4.69, 9.17) is 5.73 Å². The van der Waals surface area contributed by atoms with Gasteiger partial charge in [-0.25, -0.2) is 0 Å². The number of aryl methyl sites for hydroxylation is 2. The molecule has 0 amide bonds. The second-order valence-corrected chi connectivity index (χ2v) is 4.46. The molecule has 1 nitrogen and oxygen atoms in total. The number of benzene rings is 2. The Bertz CT molecular complexity index is 529. The molecule has 2 aromatic carbocycles. The summed E-state index contributed by atoms with van der Waals surface area (Å²) in [6, 6.07) is 14.9. The van der Waals surface area contributed by atoms with Gasteiger partial charge in [0.25, 0.3) is 0 Å². The largest absolute Gasteiger partial charge is 0.399 e. The lowest BCUT2D eigenvalue weighted by Gasteiger charge is -2.06. The van der Waals surface area contributed by atoms with E-state index in [2.05, 4.69) is 24.3 Å². The van der Waals surface area contributed by atoms with Crippen LogP contribution in [0.1, 0.15) is 17.5 Å². The highest BCUT2D eigenvalue weighted by molar-refractivity contribution is 5.68. The Hall–Kier alpha value is -1.76. The lowest BCUT2D eigenvalue weighted by molar-refractivity contribution is 0.912. The van der Waals surface area contributed by atoms with Gasteiger partial charge >= 0.3 is 0 Å². The van der Waals surface area contributed by atoms with Crippen molar-refractivity contribution in [2.45, 2.75) is 19.3 Å². The first kappa shape index (κ1) is 9.46. The van der Waals surface area contributed by atoms with Crippen LogP contribution in [0, 0.1) is 0 Å². The molecular formula is C15H15N. The van der Waals surface area contributed by atoms with Crippen molar-refractivity contribution in [3.8, 4) is 11.1 Å². The van der Waals surface area contributed by atoms with Crippen molar-refractivity contribution in [1.29, 1.82) is 0 Å². The van der Waals surface area contributed by atoms with Crippen LogP contribution >= 0.6 is 0 Å². The zero-order valence-electron chi connectivity index (χ0n) is 9.24. The molecule has 3 rings (SSSR count). The molecule has 0 heterocycles. The molecule has 0 fully saturated rings. The van der Waals surface area contributed by atoms with Crippen molar-refractivity contribution in [3.05, 3.63) is 53.6 Å². The number of rotatable bonds is 1. The molecule has 0 saturated carbocycles. The Labute approximate surface area is 95.9 Å². The summed E-state index contributed by atoms with van der Waals surface area (Å²) < 4.78 is 0. The fraction of sp³-hybridized carbons (Fsp3) is 0.200. The molecule has 0 radical (unpaired) electrons. The SMILES string of the molecule is Nc1cccc(-c2ccc3c(c2)CCC3)c1. The topological polar surface area (TPSA) is 26.0 Å². The molecule has 1 aliphatic carbocycles. The van der Waals surface area contributed by atoms with Crippen LogP contribution in [0.4, 0.5) is 5.69 Å². The van der Waals surface area contributed by atoms with E-state index in [0.29, 0.717) is 0 Å². The van der Waals surface area contributed by atoms with Crippen LogP contribution < -0.4 is 5.73 Å². The first-order valence-electron chi connectivity index (χ1n) is 5.81. The third kappa shape index (κ3) is 1.58. The third-order valence-electron chi connectivity index (χ3n) is 3.32. The van der Waals surface area contributed by atoms with Crippen molar-refractivity contribution in [1.82, 2.24) is 0 Å². The smallest absolute Gasteiger partial charge is 0.0320 e. The molecule has 0 unspecified atom stereocenters. The van der Waals surface area contributed by atoms with E-state index in [1.54, 1.807) is 0 Å². The van der Waals surface area contributed by atoms with E-state index in [-0.39, 0.29) is 0 Å². The summed E-state index contributed by atoms with van der Waals surface area (Å²) in [6.07, 6.45) is 3.77. The second kappa shape index (κ2) is 3.67. The summed E-state index contributed by atoms with van der Waals surface area (Å²) in [6.45, 7) is 0. The standard InChI is InChI=1S/C15H15N/c16-15-6-2-5-13(10-15)14-8-7-11-3-1-4-12(11)9-14/h2,5-10H,1,3-4,16H2. The Morgan fingerprint density at radius 3 is 2.50 bits per heavy atom. The van der Waals surface area contributed by atoms with Gasteiger partial charge in [-0.3, -0.25) is 0 Å². The van der Waals surface area contributed by atoms with Gasteiger partial charge in [0, 0.05) is 5.69 Å². The third-order valence-corrected chi connectivity index (χ3v) is 3.32. The maximum absolute atomic E-state index is 5.81. The van der Waals surface area contributed by atoms with Gasteiger partial charge in [-0.15, -0.1) is 0 Å². The van der Waals surface area contributed by atoms with Crippen LogP contribution in [0.3, 0.4) is 0 Å². The average Bonchev–Trinajstić information content (AvgIpc) is 2.75. The van der Waals surface area contributed by atoms with Crippen LogP contribution in [0.25, 0.3) is 11.1 Å². The van der Waals surface area contributed by atoms with E-state index < -0.39 is 0 Å². The van der Waals surface area contributed by atoms with Crippen molar-refractivity contribution < 1.29 is 0 Å². The molecule has 2 N–H and O–H groups in total. The number of hydrogen-bond donors (Lipinski definition) is 1. The molecule has 0 spiro atoms. The zero-order chi connectivity index (χ0) is 11.0. The molecule has 0 aliphatic heterocycles. The minimum atomic E-state index is 0.831. The molecule has 0 aromatic heterocycles. The Morgan fingerprint density at radius 2 is 1.62 bits per heavy atom. The van der Waals surface area contributed by atoms with Gasteiger partial charge in [0.05, 0.1) is 0 Å². The quantitative estimate of drug-likeness (QED) is 0.715. The highest BCUT2D eigenvalue weighted by Gasteiger charge is 2.11. The summed E-state index contributed by atoms with van der Waals surface area (Å²) in [4.78, 5) is 0. The predicted octanol–water partition coefficient (Wildman–Crippen LogP) is 3.42. The molecular weight excluding hydrogens is 194 g/mol. The monoisotopic (exact) mass is 209 g/mol. The lowest BCUT2D eigenvalue weighted by atomic mass is 10.0. The summed E-state index contributed by atoms with van der Waals surface area (Å²) in [5.41, 5.74) is 12.2. The summed E-state index contributed by atoms with van der Waals surface area (Å²) in [5, 5.41) is 0. The first-order chi connectivity index (χ1) is 7.83. The fourth-order valence-corrected chi connectivity index (χ4v) is 2.47. The lowest BCUT2D eigenvalue weighted by Crippen LogP contribution is -1.87. The molecule has 0 saturated heterocycles. The number of fused-ring (bicyclic) bond motifs is 1. The molecule has 1 aliphatic rings. The number of nitrogen functional groups attached to an aromatic ring is 1. The Balaban J connectivity index is 2.07. The maximum Gasteiger partial charge on any atom is 0.0320 e. The minimum Gasteiger partial charge on any atom is -0.399 e. The highest BCUT2D eigenvalue weighted by Crippen LogP contribution is 2.28.